The molecule has 3 unspecified atom stereocenters. The molecule has 1 aromatic carbocycles. The Morgan fingerprint density at radius 3 is 2.43 bits per heavy atom. The molecular weight excluding hydrogens is 260 g/mol. The van der Waals surface area contributed by atoms with Gasteiger partial charge in [-0.2, -0.15) is 0 Å². The van der Waals surface area contributed by atoms with Gasteiger partial charge in [-0.25, -0.2) is 0 Å². The fourth-order valence-electron chi connectivity index (χ4n) is 4.43. The first-order chi connectivity index (χ1) is 10.2. The number of hydrogen-bond donors (Lipinski definition) is 2. The Hall–Kier alpha value is -1.06. The average Bonchev–Trinajstić information content (AvgIpc) is 2.84. The zero-order valence-corrected chi connectivity index (χ0v) is 13.3. The first-order valence-corrected chi connectivity index (χ1v) is 8.52. The smallest absolute Gasteiger partial charge is 0.120 e. The molecule has 2 aliphatic rings. The van der Waals surface area contributed by atoms with Crippen LogP contribution in [0, 0.1) is 0 Å². The molecule has 3 heteroatoms. The Labute approximate surface area is 128 Å². The Balaban J connectivity index is 1.82. The van der Waals surface area contributed by atoms with Crippen LogP contribution in [0.3, 0.4) is 0 Å². The second-order valence-corrected chi connectivity index (χ2v) is 6.58. The van der Waals surface area contributed by atoms with Crippen LogP contribution in [-0.4, -0.2) is 34.7 Å². The van der Waals surface area contributed by atoms with E-state index in [0.29, 0.717) is 29.9 Å². The summed E-state index contributed by atoms with van der Waals surface area (Å²) in [5, 5.41) is 14.0. The molecule has 2 fully saturated rings. The van der Waals surface area contributed by atoms with Crippen LogP contribution in [0.2, 0.25) is 0 Å². The fraction of sp³-hybridized carbons (Fsp3) is 0.667. The SMILES string of the molecule is CCC(c1ccccc1O)N(CC)C1CC2CCC(C1)N2. The zero-order valence-electron chi connectivity index (χ0n) is 13.3. The molecule has 116 valence electrons. The monoisotopic (exact) mass is 288 g/mol. The second kappa shape index (κ2) is 6.37. The summed E-state index contributed by atoms with van der Waals surface area (Å²) in [6, 6.07) is 10.3. The third kappa shape index (κ3) is 2.95. The van der Waals surface area contributed by atoms with Crippen LogP contribution in [0.5, 0.6) is 5.75 Å². The lowest BCUT2D eigenvalue weighted by Crippen LogP contribution is -2.49. The Kier molecular flexibility index (Phi) is 4.51. The van der Waals surface area contributed by atoms with E-state index in [1.165, 1.54) is 25.7 Å². The molecule has 2 saturated heterocycles. The van der Waals surface area contributed by atoms with E-state index in [1.807, 2.05) is 18.2 Å². The maximum Gasteiger partial charge on any atom is 0.120 e. The van der Waals surface area contributed by atoms with E-state index in [0.717, 1.165) is 18.5 Å². The molecule has 1 aromatic rings. The summed E-state index contributed by atoms with van der Waals surface area (Å²) in [5.74, 6) is 0.444. The Morgan fingerprint density at radius 1 is 1.19 bits per heavy atom. The number of para-hydroxylation sites is 1. The van der Waals surface area contributed by atoms with Gasteiger partial charge in [0.05, 0.1) is 0 Å². The summed E-state index contributed by atoms with van der Waals surface area (Å²) in [7, 11) is 0. The van der Waals surface area contributed by atoms with Crippen molar-refractivity contribution in [1.29, 1.82) is 0 Å². The van der Waals surface area contributed by atoms with Crippen molar-refractivity contribution in [1.82, 2.24) is 10.2 Å². The van der Waals surface area contributed by atoms with Crippen LogP contribution in [0.15, 0.2) is 24.3 Å². The van der Waals surface area contributed by atoms with Gasteiger partial charge in [0, 0.05) is 29.7 Å². The summed E-state index contributed by atoms with van der Waals surface area (Å²) in [5.41, 5.74) is 1.09. The van der Waals surface area contributed by atoms with Crippen molar-refractivity contribution in [3.63, 3.8) is 0 Å². The summed E-state index contributed by atoms with van der Waals surface area (Å²) in [6.45, 7) is 5.54. The van der Waals surface area contributed by atoms with Crippen molar-refractivity contribution >= 4 is 0 Å². The molecule has 0 aliphatic carbocycles. The molecule has 3 atom stereocenters. The maximum atomic E-state index is 10.2. The number of hydrogen-bond acceptors (Lipinski definition) is 3. The van der Waals surface area contributed by atoms with Gasteiger partial charge in [0.25, 0.3) is 0 Å². The summed E-state index contributed by atoms with van der Waals surface area (Å²) in [4.78, 5) is 2.63. The maximum absolute atomic E-state index is 10.2. The molecule has 3 nitrogen and oxygen atoms in total. The molecule has 2 heterocycles. The minimum Gasteiger partial charge on any atom is -0.508 e. The third-order valence-electron chi connectivity index (χ3n) is 5.37. The highest BCUT2D eigenvalue weighted by molar-refractivity contribution is 5.34. The number of fused-ring (bicyclic) bond motifs is 2. The lowest BCUT2D eigenvalue weighted by Gasteiger charge is -2.41. The summed E-state index contributed by atoms with van der Waals surface area (Å²) in [6.07, 6.45) is 6.24. The van der Waals surface area contributed by atoms with Crippen molar-refractivity contribution in [3.8, 4) is 5.75 Å². The van der Waals surface area contributed by atoms with Gasteiger partial charge in [-0.15, -0.1) is 0 Å². The first kappa shape index (κ1) is 14.9. The highest BCUT2D eigenvalue weighted by Crippen LogP contribution is 2.37. The summed E-state index contributed by atoms with van der Waals surface area (Å²) >= 11 is 0. The van der Waals surface area contributed by atoms with Gasteiger partial charge in [-0.1, -0.05) is 32.0 Å². The van der Waals surface area contributed by atoms with Crippen molar-refractivity contribution < 1.29 is 5.11 Å². The van der Waals surface area contributed by atoms with Crippen LogP contribution < -0.4 is 5.32 Å². The van der Waals surface area contributed by atoms with E-state index >= 15 is 0 Å². The van der Waals surface area contributed by atoms with Gasteiger partial charge in [0.2, 0.25) is 0 Å². The molecule has 2 bridgehead atoms. The number of nitrogens with one attached hydrogen (secondary N) is 1. The van der Waals surface area contributed by atoms with Crippen LogP contribution in [0.1, 0.15) is 57.6 Å². The molecule has 0 spiro atoms. The van der Waals surface area contributed by atoms with Gasteiger partial charge in [-0.05, 0) is 44.7 Å². The van der Waals surface area contributed by atoms with Gasteiger partial charge in [-0.3, -0.25) is 4.90 Å². The van der Waals surface area contributed by atoms with Crippen LogP contribution in [-0.2, 0) is 0 Å². The number of phenolic OH excluding ortho intramolecular Hbond substituents is 1. The number of nitrogens with zero attached hydrogens (tertiary/aromatic N) is 1. The Bertz CT molecular complexity index is 464. The molecule has 0 aromatic heterocycles. The van der Waals surface area contributed by atoms with Gasteiger partial charge in [0.15, 0.2) is 0 Å². The first-order valence-electron chi connectivity index (χ1n) is 8.52. The fourth-order valence-corrected chi connectivity index (χ4v) is 4.43. The number of rotatable bonds is 5. The molecule has 0 amide bonds. The lowest BCUT2D eigenvalue weighted by atomic mass is 9.93. The number of aromatic hydroxyl groups is 1. The average molecular weight is 288 g/mol. The van der Waals surface area contributed by atoms with E-state index in [1.54, 1.807) is 0 Å². The van der Waals surface area contributed by atoms with Crippen LogP contribution >= 0.6 is 0 Å². The normalized spacial score (nSPS) is 29.8. The van der Waals surface area contributed by atoms with E-state index in [2.05, 4.69) is 30.1 Å². The van der Waals surface area contributed by atoms with Crippen molar-refractivity contribution in [2.75, 3.05) is 6.54 Å². The highest BCUT2D eigenvalue weighted by Gasteiger charge is 2.37. The van der Waals surface area contributed by atoms with Crippen molar-refractivity contribution in [3.05, 3.63) is 29.8 Å². The number of phenols is 1. The summed E-state index contributed by atoms with van der Waals surface area (Å²) < 4.78 is 0. The molecule has 3 rings (SSSR count). The minimum atomic E-state index is 0.332. The standard InChI is InChI=1S/C18H28N2O/c1-3-17(16-7-5-6-8-18(16)21)20(4-2)15-11-13-9-10-14(12-15)19-13/h5-8,13-15,17,19,21H,3-4,9-12H2,1-2H3. The van der Waals surface area contributed by atoms with Gasteiger partial charge >= 0.3 is 0 Å². The highest BCUT2D eigenvalue weighted by atomic mass is 16.3. The van der Waals surface area contributed by atoms with Gasteiger partial charge in [0.1, 0.15) is 5.75 Å². The van der Waals surface area contributed by atoms with Crippen LogP contribution in [0.4, 0.5) is 0 Å². The third-order valence-corrected chi connectivity index (χ3v) is 5.37. The van der Waals surface area contributed by atoms with Crippen molar-refractivity contribution in [2.24, 2.45) is 0 Å². The topological polar surface area (TPSA) is 35.5 Å². The van der Waals surface area contributed by atoms with E-state index in [-0.39, 0.29) is 0 Å². The number of piperidine rings is 1. The van der Waals surface area contributed by atoms with Crippen molar-refractivity contribution in [2.45, 2.75) is 70.1 Å². The van der Waals surface area contributed by atoms with Crippen LogP contribution in [0.25, 0.3) is 0 Å². The molecular formula is C18H28N2O. The van der Waals surface area contributed by atoms with E-state index in [9.17, 15) is 5.11 Å². The second-order valence-electron chi connectivity index (χ2n) is 6.58. The lowest BCUT2D eigenvalue weighted by molar-refractivity contribution is 0.0954. The molecule has 21 heavy (non-hydrogen) atoms. The van der Waals surface area contributed by atoms with E-state index < -0.39 is 0 Å². The molecule has 0 saturated carbocycles. The quantitative estimate of drug-likeness (QED) is 0.871. The molecule has 2 N–H and O–H groups in total. The predicted octanol–water partition coefficient (Wildman–Crippen LogP) is 3.45. The zero-order chi connectivity index (χ0) is 14.8. The molecule has 2 aliphatic heterocycles. The van der Waals surface area contributed by atoms with E-state index in [4.69, 9.17) is 0 Å². The Morgan fingerprint density at radius 2 is 1.86 bits per heavy atom. The largest absolute Gasteiger partial charge is 0.508 e. The minimum absolute atomic E-state index is 0.332. The predicted molar refractivity (Wildman–Crippen MR) is 86.5 cm³/mol. The molecule has 0 radical (unpaired) electrons. The number of benzene rings is 1. The van der Waals surface area contributed by atoms with Gasteiger partial charge < -0.3 is 10.4 Å².